The summed E-state index contributed by atoms with van der Waals surface area (Å²) in [6.45, 7) is 0. The summed E-state index contributed by atoms with van der Waals surface area (Å²) in [5.74, 6) is 0.207. The average molecular weight is 174 g/mol. The van der Waals surface area contributed by atoms with Crippen LogP contribution in [0.1, 0.15) is 0 Å². The molecule has 0 atom stereocenters. The number of ether oxygens (including phenoxy) is 1. The van der Waals surface area contributed by atoms with Crippen molar-refractivity contribution in [3.05, 3.63) is 17.2 Å². The molecule has 0 aliphatic carbocycles. The van der Waals surface area contributed by atoms with Crippen LogP contribution in [0, 0.1) is 0 Å². The summed E-state index contributed by atoms with van der Waals surface area (Å²) in [5, 5.41) is 9.37. The van der Waals surface area contributed by atoms with Gasteiger partial charge in [-0.3, -0.25) is 0 Å². The fourth-order valence-corrected chi connectivity index (χ4v) is 0.883. The Morgan fingerprint density at radius 3 is 2.73 bits per heavy atom. The van der Waals surface area contributed by atoms with Crippen LogP contribution in [0.15, 0.2) is 12.1 Å². The first-order valence-corrected chi connectivity index (χ1v) is 3.35. The maximum Gasteiger partial charge on any atom is 0.178 e. The number of hydrogen-bond acceptors (Lipinski definition) is 3. The quantitative estimate of drug-likeness (QED) is 0.635. The molecule has 0 heterocycles. The highest BCUT2D eigenvalue weighted by molar-refractivity contribution is 6.34. The van der Waals surface area contributed by atoms with Gasteiger partial charge in [-0.1, -0.05) is 11.6 Å². The van der Waals surface area contributed by atoms with Crippen molar-refractivity contribution in [2.45, 2.75) is 0 Å². The number of benzene rings is 1. The molecule has 0 unspecified atom stereocenters. The fourth-order valence-electron chi connectivity index (χ4n) is 0.727. The van der Waals surface area contributed by atoms with Crippen molar-refractivity contribution in [1.82, 2.24) is 0 Å². The van der Waals surface area contributed by atoms with Gasteiger partial charge in [0.05, 0.1) is 12.8 Å². The van der Waals surface area contributed by atoms with Gasteiger partial charge < -0.3 is 15.6 Å². The van der Waals surface area contributed by atoms with Gasteiger partial charge in [0.1, 0.15) is 5.02 Å². The number of rotatable bonds is 1. The zero-order valence-corrected chi connectivity index (χ0v) is 6.72. The third-order valence-electron chi connectivity index (χ3n) is 1.33. The molecule has 3 N–H and O–H groups in total. The predicted octanol–water partition coefficient (Wildman–Crippen LogP) is 1.64. The molecule has 1 rings (SSSR count). The van der Waals surface area contributed by atoms with Crippen molar-refractivity contribution >= 4 is 17.3 Å². The summed E-state index contributed by atoms with van der Waals surface area (Å²) >= 11 is 5.61. The molecule has 0 saturated heterocycles. The van der Waals surface area contributed by atoms with Gasteiger partial charge in [-0.2, -0.15) is 0 Å². The molecule has 11 heavy (non-hydrogen) atoms. The minimum absolute atomic E-state index is 0.117. The highest BCUT2D eigenvalue weighted by Gasteiger charge is 2.07. The van der Waals surface area contributed by atoms with Gasteiger partial charge in [0.15, 0.2) is 11.5 Å². The van der Waals surface area contributed by atoms with E-state index in [0.29, 0.717) is 11.4 Å². The normalized spacial score (nSPS) is 9.64. The number of aromatic hydroxyl groups is 1. The van der Waals surface area contributed by atoms with Gasteiger partial charge >= 0.3 is 0 Å². The monoisotopic (exact) mass is 173 g/mol. The standard InChI is InChI=1S/C7H8ClNO2/c1-11-5-3-2-4(9)6(8)7(5)10/h2-3,10H,9H2,1H3. The molecule has 0 amide bonds. The summed E-state index contributed by atoms with van der Waals surface area (Å²) in [7, 11) is 1.45. The summed E-state index contributed by atoms with van der Waals surface area (Å²) in [5.41, 5.74) is 5.73. The molecule has 1 aromatic rings. The maximum atomic E-state index is 9.24. The Kier molecular flexibility index (Phi) is 2.10. The van der Waals surface area contributed by atoms with E-state index in [1.807, 2.05) is 0 Å². The predicted molar refractivity (Wildman–Crippen MR) is 44.1 cm³/mol. The number of halogens is 1. The Balaban J connectivity index is 3.25. The van der Waals surface area contributed by atoms with Crippen molar-refractivity contribution < 1.29 is 9.84 Å². The SMILES string of the molecule is COc1ccc(N)c(Cl)c1O. The van der Waals surface area contributed by atoms with E-state index < -0.39 is 0 Å². The van der Waals surface area contributed by atoms with E-state index in [0.717, 1.165) is 0 Å². The van der Waals surface area contributed by atoms with Crippen molar-refractivity contribution in [1.29, 1.82) is 0 Å². The lowest BCUT2D eigenvalue weighted by atomic mass is 10.3. The number of anilines is 1. The molecule has 60 valence electrons. The zero-order chi connectivity index (χ0) is 8.43. The van der Waals surface area contributed by atoms with Crippen LogP contribution in [0.4, 0.5) is 5.69 Å². The Bertz CT molecular complexity index is 275. The smallest absolute Gasteiger partial charge is 0.178 e. The van der Waals surface area contributed by atoms with E-state index in [1.54, 1.807) is 12.1 Å². The minimum atomic E-state index is -0.117. The molecule has 0 aliphatic rings. The molecule has 0 saturated carbocycles. The summed E-state index contributed by atoms with van der Waals surface area (Å²) < 4.78 is 4.79. The fraction of sp³-hybridized carbons (Fsp3) is 0.143. The molecule has 0 aliphatic heterocycles. The molecule has 0 spiro atoms. The molecular weight excluding hydrogens is 166 g/mol. The second kappa shape index (κ2) is 2.88. The Hall–Kier alpha value is -1.09. The van der Waals surface area contributed by atoms with Gasteiger partial charge in [-0.15, -0.1) is 0 Å². The Morgan fingerprint density at radius 2 is 2.18 bits per heavy atom. The molecular formula is C7H8ClNO2. The topological polar surface area (TPSA) is 55.5 Å². The van der Waals surface area contributed by atoms with Crippen LogP contribution in [0.5, 0.6) is 11.5 Å². The summed E-state index contributed by atoms with van der Waals surface area (Å²) in [6, 6.07) is 3.12. The average Bonchev–Trinajstić information content (AvgIpc) is 2.01. The van der Waals surface area contributed by atoms with E-state index in [-0.39, 0.29) is 10.8 Å². The zero-order valence-electron chi connectivity index (χ0n) is 5.97. The van der Waals surface area contributed by atoms with Crippen molar-refractivity contribution in [3.8, 4) is 11.5 Å². The molecule has 0 aromatic heterocycles. The third kappa shape index (κ3) is 1.33. The van der Waals surface area contributed by atoms with Gasteiger partial charge in [0.25, 0.3) is 0 Å². The van der Waals surface area contributed by atoms with Crippen molar-refractivity contribution in [2.75, 3.05) is 12.8 Å². The molecule has 3 nitrogen and oxygen atoms in total. The Labute approximate surface area is 69.3 Å². The van der Waals surface area contributed by atoms with Gasteiger partial charge in [-0.05, 0) is 12.1 Å². The number of nitrogen functional groups attached to an aromatic ring is 1. The van der Waals surface area contributed by atoms with Crippen LogP contribution in [0.2, 0.25) is 5.02 Å². The second-order valence-electron chi connectivity index (χ2n) is 2.02. The molecule has 0 fully saturated rings. The van der Waals surface area contributed by atoms with Crippen molar-refractivity contribution in [3.63, 3.8) is 0 Å². The van der Waals surface area contributed by atoms with Gasteiger partial charge in [0, 0.05) is 0 Å². The largest absolute Gasteiger partial charge is 0.503 e. The van der Waals surface area contributed by atoms with Gasteiger partial charge in [-0.25, -0.2) is 0 Å². The van der Waals surface area contributed by atoms with E-state index >= 15 is 0 Å². The van der Waals surface area contributed by atoms with E-state index in [9.17, 15) is 5.11 Å². The number of nitrogens with two attached hydrogens (primary N) is 1. The number of hydrogen-bond donors (Lipinski definition) is 2. The van der Waals surface area contributed by atoms with E-state index in [4.69, 9.17) is 22.1 Å². The van der Waals surface area contributed by atoms with Gasteiger partial charge in [0.2, 0.25) is 0 Å². The Morgan fingerprint density at radius 1 is 1.55 bits per heavy atom. The van der Waals surface area contributed by atoms with Crippen LogP contribution in [0.25, 0.3) is 0 Å². The third-order valence-corrected chi connectivity index (χ3v) is 1.73. The number of methoxy groups -OCH3 is 1. The first-order valence-electron chi connectivity index (χ1n) is 2.97. The molecule has 0 bridgehead atoms. The van der Waals surface area contributed by atoms with Crippen LogP contribution < -0.4 is 10.5 Å². The molecule has 1 aromatic carbocycles. The highest BCUT2D eigenvalue weighted by Crippen LogP contribution is 2.37. The summed E-state index contributed by atoms with van der Waals surface area (Å²) in [4.78, 5) is 0. The lowest BCUT2D eigenvalue weighted by Crippen LogP contribution is -1.89. The first-order chi connectivity index (χ1) is 5.16. The lowest BCUT2D eigenvalue weighted by Gasteiger charge is -2.05. The number of phenols is 1. The number of phenolic OH excluding ortho intramolecular Hbond substituents is 1. The van der Waals surface area contributed by atoms with Crippen LogP contribution in [0.3, 0.4) is 0 Å². The maximum absolute atomic E-state index is 9.24. The second-order valence-corrected chi connectivity index (χ2v) is 2.40. The first kappa shape index (κ1) is 8.01. The van der Waals surface area contributed by atoms with Crippen molar-refractivity contribution in [2.24, 2.45) is 0 Å². The van der Waals surface area contributed by atoms with E-state index in [2.05, 4.69) is 0 Å². The van der Waals surface area contributed by atoms with E-state index in [1.165, 1.54) is 7.11 Å². The minimum Gasteiger partial charge on any atom is -0.503 e. The summed E-state index contributed by atoms with van der Waals surface area (Å²) in [6.07, 6.45) is 0. The van der Waals surface area contributed by atoms with Crippen LogP contribution >= 0.6 is 11.6 Å². The highest BCUT2D eigenvalue weighted by atomic mass is 35.5. The van der Waals surface area contributed by atoms with Crippen LogP contribution in [-0.2, 0) is 0 Å². The molecule has 4 heteroatoms. The lowest BCUT2D eigenvalue weighted by molar-refractivity contribution is 0.374. The molecule has 0 radical (unpaired) electrons. The van der Waals surface area contributed by atoms with Crippen LogP contribution in [-0.4, -0.2) is 12.2 Å².